The molecular weight excluding hydrogens is 316 g/mol. The highest BCUT2D eigenvalue weighted by Gasteiger charge is 2.04. The molecule has 142 valence electrons. The van der Waals surface area contributed by atoms with Crippen LogP contribution >= 0.6 is 0 Å². The number of hydrogen-bond donors (Lipinski definition) is 2. The van der Waals surface area contributed by atoms with E-state index in [1.54, 1.807) is 0 Å². The van der Waals surface area contributed by atoms with Crippen LogP contribution in [-0.2, 0) is 28.8 Å². The summed E-state index contributed by atoms with van der Waals surface area (Å²) in [5.41, 5.74) is 0. The van der Waals surface area contributed by atoms with Gasteiger partial charge in [0, 0.05) is 24.9 Å². The molecule has 0 atom stereocenters. The average Bonchev–Trinajstić information content (AvgIpc) is 2.50. The highest BCUT2D eigenvalue weighted by molar-refractivity contribution is 5.77. The van der Waals surface area contributed by atoms with Gasteiger partial charge in [-0.2, -0.15) is 0 Å². The SMILES string of the molecule is CC(C)NC(=O)CCOCCOOCCOCCNC(=O)C(C)C. The van der Waals surface area contributed by atoms with Gasteiger partial charge in [-0.15, -0.1) is 0 Å². The van der Waals surface area contributed by atoms with E-state index in [0.29, 0.717) is 46.0 Å². The highest BCUT2D eigenvalue weighted by atomic mass is 17.2. The Labute approximate surface area is 144 Å². The molecule has 0 aromatic heterocycles. The summed E-state index contributed by atoms with van der Waals surface area (Å²) < 4.78 is 10.5. The molecule has 0 aromatic rings. The maximum Gasteiger partial charge on any atom is 0.222 e. The first kappa shape index (κ1) is 22.8. The van der Waals surface area contributed by atoms with E-state index in [0.717, 1.165) is 0 Å². The van der Waals surface area contributed by atoms with Gasteiger partial charge in [0.2, 0.25) is 11.8 Å². The second-order valence-electron chi connectivity index (χ2n) is 5.79. The molecule has 0 bridgehead atoms. The summed E-state index contributed by atoms with van der Waals surface area (Å²) in [6.45, 7) is 10.1. The van der Waals surface area contributed by atoms with Crippen LogP contribution in [0, 0.1) is 5.92 Å². The van der Waals surface area contributed by atoms with Gasteiger partial charge >= 0.3 is 0 Å². The summed E-state index contributed by atoms with van der Waals surface area (Å²) in [6.07, 6.45) is 0.334. The van der Waals surface area contributed by atoms with Crippen molar-refractivity contribution in [1.82, 2.24) is 10.6 Å². The molecule has 2 amide bonds. The van der Waals surface area contributed by atoms with Crippen LogP contribution in [0.2, 0.25) is 0 Å². The van der Waals surface area contributed by atoms with Crippen molar-refractivity contribution in [3.8, 4) is 0 Å². The van der Waals surface area contributed by atoms with E-state index < -0.39 is 0 Å². The fourth-order valence-corrected chi connectivity index (χ4v) is 1.52. The molecular formula is C16H32N2O6. The maximum atomic E-state index is 11.3. The molecule has 24 heavy (non-hydrogen) atoms. The van der Waals surface area contributed by atoms with Crippen molar-refractivity contribution >= 4 is 11.8 Å². The molecule has 0 aliphatic heterocycles. The van der Waals surface area contributed by atoms with Crippen molar-refractivity contribution in [2.75, 3.05) is 46.2 Å². The minimum atomic E-state index is -0.0242. The smallest absolute Gasteiger partial charge is 0.222 e. The summed E-state index contributed by atoms with van der Waals surface area (Å²) in [4.78, 5) is 32.4. The molecule has 0 saturated carbocycles. The fraction of sp³-hybridized carbons (Fsp3) is 0.875. The first-order valence-electron chi connectivity index (χ1n) is 8.40. The molecule has 0 radical (unpaired) electrons. The number of rotatable bonds is 15. The summed E-state index contributed by atoms with van der Waals surface area (Å²) in [5.74, 6) is -0.0303. The van der Waals surface area contributed by atoms with Gasteiger partial charge in [0.15, 0.2) is 0 Å². The zero-order valence-electron chi connectivity index (χ0n) is 15.3. The lowest BCUT2D eigenvalue weighted by Gasteiger charge is -2.09. The topological polar surface area (TPSA) is 95.1 Å². The van der Waals surface area contributed by atoms with Crippen LogP contribution in [0.25, 0.3) is 0 Å². The van der Waals surface area contributed by atoms with E-state index in [-0.39, 0.29) is 30.4 Å². The third-order valence-electron chi connectivity index (χ3n) is 2.70. The zero-order chi connectivity index (χ0) is 18.2. The predicted molar refractivity (Wildman–Crippen MR) is 89.3 cm³/mol. The van der Waals surface area contributed by atoms with Crippen molar-refractivity contribution in [1.29, 1.82) is 0 Å². The van der Waals surface area contributed by atoms with Crippen molar-refractivity contribution in [3.63, 3.8) is 0 Å². The second-order valence-corrected chi connectivity index (χ2v) is 5.79. The number of carbonyl (C=O) groups excluding carboxylic acids is 2. The fourth-order valence-electron chi connectivity index (χ4n) is 1.52. The molecule has 0 unspecified atom stereocenters. The number of carbonyl (C=O) groups is 2. The largest absolute Gasteiger partial charge is 0.378 e. The van der Waals surface area contributed by atoms with Crippen molar-refractivity contribution in [3.05, 3.63) is 0 Å². The van der Waals surface area contributed by atoms with E-state index in [9.17, 15) is 9.59 Å². The van der Waals surface area contributed by atoms with Crippen molar-refractivity contribution in [2.45, 2.75) is 40.2 Å². The molecule has 0 heterocycles. The first-order chi connectivity index (χ1) is 11.4. The van der Waals surface area contributed by atoms with Crippen molar-refractivity contribution in [2.24, 2.45) is 5.92 Å². The molecule has 0 rings (SSSR count). The van der Waals surface area contributed by atoms with Crippen LogP contribution in [0.15, 0.2) is 0 Å². The van der Waals surface area contributed by atoms with E-state index in [2.05, 4.69) is 10.6 Å². The van der Waals surface area contributed by atoms with Gasteiger partial charge in [0.05, 0.1) is 26.4 Å². The van der Waals surface area contributed by atoms with Gasteiger partial charge in [-0.1, -0.05) is 13.8 Å². The predicted octanol–water partition coefficient (Wildman–Crippen LogP) is 0.655. The van der Waals surface area contributed by atoms with Crippen LogP contribution in [-0.4, -0.2) is 64.0 Å². The minimum Gasteiger partial charge on any atom is -0.378 e. The Morgan fingerprint density at radius 2 is 1.42 bits per heavy atom. The van der Waals surface area contributed by atoms with E-state index in [4.69, 9.17) is 19.2 Å². The number of amides is 2. The van der Waals surface area contributed by atoms with Crippen LogP contribution < -0.4 is 10.6 Å². The Hall–Kier alpha value is -1.22. The summed E-state index contributed by atoms with van der Waals surface area (Å²) in [6, 6.07) is 0.142. The first-order valence-corrected chi connectivity index (χ1v) is 8.40. The lowest BCUT2D eigenvalue weighted by atomic mass is 10.2. The van der Waals surface area contributed by atoms with Crippen LogP contribution in [0.5, 0.6) is 0 Å². The Morgan fingerprint density at radius 3 is 1.96 bits per heavy atom. The normalized spacial score (nSPS) is 11.1. The monoisotopic (exact) mass is 348 g/mol. The second kappa shape index (κ2) is 15.3. The molecule has 2 N–H and O–H groups in total. The lowest BCUT2D eigenvalue weighted by Crippen LogP contribution is -2.31. The van der Waals surface area contributed by atoms with E-state index in [1.165, 1.54) is 0 Å². The standard InChI is InChI=1S/C16H32N2O6/c1-13(2)16(20)17-6-8-22-10-12-24-23-11-9-21-7-5-15(19)18-14(3)4/h13-14H,5-12H2,1-4H3,(H,17,20)(H,18,19). The van der Waals surface area contributed by atoms with E-state index >= 15 is 0 Å². The highest BCUT2D eigenvalue weighted by Crippen LogP contribution is 1.90. The van der Waals surface area contributed by atoms with Crippen molar-refractivity contribution < 1.29 is 28.8 Å². The van der Waals surface area contributed by atoms with Crippen LogP contribution in [0.3, 0.4) is 0 Å². The van der Waals surface area contributed by atoms with E-state index in [1.807, 2.05) is 27.7 Å². The number of nitrogens with one attached hydrogen (secondary N) is 2. The van der Waals surface area contributed by atoms with Gasteiger partial charge in [0.1, 0.15) is 13.2 Å². The maximum absolute atomic E-state index is 11.3. The Bertz CT molecular complexity index is 337. The zero-order valence-corrected chi connectivity index (χ0v) is 15.3. The van der Waals surface area contributed by atoms with Crippen LogP contribution in [0.4, 0.5) is 0 Å². The molecule has 0 aromatic carbocycles. The van der Waals surface area contributed by atoms with Gasteiger partial charge < -0.3 is 20.1 Å². The summed E-state index contributed by atoms with van der Waals surface area (Å²) >= 11 is 0. The Balaban J connectivity index is 3.18. The minimum absolute atomic E-state index is 0.0138. The Kier molecular flexibility index (Phi) is 14.5. The number of ether oxygens (including phenoxy) is 2. The third-order valence-corrected chi connectivity index (χ3v) is 2.70. The number of hydrogen-bond acceptors (Lipinski definition) is 6. The molecule has 8 heteroatoms. The third kappa shape index (κ3) is 15.7. The lowest BCUT2D eigenvalue weighted by molar-refractivity contribution is -0.303. The molecule has 0 aliphatic rings. The summed E-state index contributed by atoms with van der Waals surface area (Å²) in [7, 11) is 0. The molecule has 0 fully saturated rings. The molecule has 0 aliphatic carbocycles. The van der Waals surface area contributed by atoms with Gasteiger partial charge in [0.25, 0.3) is 0 Å². The average molecular weight is 348 g/mol. The molecule has 0 saturated heterocycles. The van der Waals surface area contributed by atoms with Gasteiger partial charge in [-0.25, -0.2) is 9.78 Å². The quantitative estimate of drug-likeness (QED) is 0.256. The van der Waals surface area contributed by atoms with Gasteiger partial charge in [-0.05, 0) is 13.8 Å². The van der Waals surface area contributed by atoms with Crippen LogP contribution in [0.1, 0.15) is 34.1 Å². The van der Waals surface area contributed by atoms with Gasteiger partial charge in [-0.3, -0.25) is 9.59 Å². The Morgan fingerprint density at radius 1 is 0.833 bits per heavy atom. The molecule has 0 spiro atoms. The molecule has 8 nitrogen and oxygen atoms in total. The summed E-state index contributed by atoms with van der Waals surface area (Å²) in [5, 5.41) is 5.53.